The molecule has 0 atom stereocenters. The van der Waals surface area contributed by atoms with Crippen molar-refractivity contribution >= 4 is 22.8 Å². The van der Waals surface area contributed by atoms with Crippen LogP contribution in [-0.2, 0) is 20.9 Å². The average molecular weight is 767 g/mol. The lowest BCUT2D eigenvalue weighted by atomic mass is 9.90. The van der Waals surface area contributed by atoms with Crippen LogP contribution >= 0.6 is 0 Å². The van der Waals surface area contributed by atoms with Crippen molar-refractivity contribution in [1.29, 1.82) is 0 Å². The van der Waals surface area contributed by atoms with Crippen molar-refractivity contribution in [1.82, 2.24) is 39.0 Å². The first-order chi connectivity index (χ1) is 27.1. The van der Waals surface area contributed by atoms with Crippen LogP contribution in [0.4, 0.5) is 4.39 Å². The van der Waals surface area contributed by atoms with E-state index in [2.05, 4.69) is 44.4 Å². The van der Waals surface area contributed by atoms with Gasteiger partial charge in [-0.1, -0.05) is 36.4 Å². The van der Waals surface area contributed by atoms with Crippen LogP contribution in [0.3, 0.4) is 0 Å². The molecule has 8 rings (SSSR count). The van der Waals surface area contributed by atoms with Gasteiger partial charge >= 0.3 is 5.69 Å². The van der Waals surface area contributed by atoms with E-state index in [1.807, 2.05) is 42.1 Å². The number of hydrogen-bond donors (Lipinski definition) is 1. The van der Waals surface area contributed by atoms with Gasteiger partial charge in [-0.3, -0.25) is 33.7 Å². The molecule has 0 spiro atoms. The summed E-state index contributed by atoms with van der Waals surface area (Å²) in [5.74, 6) is -0.433. The fraction of sp³-hybridized carbons (Fsp3) is 0.500. The molecule has 56 heavy (non-hydrogen) atoms. The Kier molecular flexibility index (Phi) is 10.9. The third-order valence-electron chi connectivity index (χ3n) is 12.3. The maximum absolute atomic E-state index is 14.6. The normalized spacial score (nSPS) is 21.7. The number of hydrogen-bond acceptors (Lipinski definition) is 9. The van der Waals surface area contributed by atoms with E-state index in [4.69, 9.17) is 4.74 Å². The van der Waals surface area contributed by atoms with E-state index >= 15 is 0 Å². The molecule has 2 aromatic carbocycles. The fourth-order valence-electron chi connectivity index (χ4n) is 8.63. The van der Waals surface area contributed by atoms with Crippen LogP contribution in [0.5, 0.6) is 0 Å². The molecule has 14 heteroatoms. The number of likely N-dealkylation sites (N-methyl/N-ethyl adjacent to an activating group) is 1. The molecule has 2 aliphatic carbocycles. The van der Waals surface area contributed by atoms with Crippen molar-refractivity contribution in [2.75, 3.05) is 73.1 Å². The topological polar surface area (TPSA) is 125 Å². The number of ether oxygens (including phenoxy) is 1. The van der Waals surface area contributed by atoms with Crippen LogP contribution in [0.25, 0.3) is 27.8 Å². The molecular formula is C42H51FN8O5. The minimum Gasteiger partial charge on any atom is -0.378 e. The first-order valence-corrected chi connectivity index (χ1v) is 19.9. The van der Waals surface area contributed by atoms with Crippen LogP contribution in [0.1, 0.15) is 50.1 Å². The van der Waals surface area contributed by atoms with Gasteiger partial charge in [-0.2, -0.15) is 0 Å². The van der Waals surface area contributed by atoms with Crippen LogP contribution in [0.2, 0.25) is 0 Å². The number of aromatic nitrogens is 3. The van der Waals surface area contributed by atoms with Crippen molar-refractivity contribution in [3.63, 3.8) is 0 Å². The van der Waals surface area contributed by atoms with Crippen LogP contribution in [0.15, 0.2) is 70.4 Å². The molecule has 296 valence electrons. The van der Waals surface area contributed by atoms with Crippen LogP contribution in [-0.4, -0.2) is 130 Å². The number of halogens is 1. The Morgan fingerprint density at radius 3 is 2.27 bits per heavy atom. The van der Waals surface area contributed by atoms with E-state index in [1.54, 1.807) is 6.07 Å². The van der Waals surface area contributed by atoms with Gasteiger partial charge < -0.3 is 15.0 Å². The summed E-state index contributed by atoms with van der Waals surface area (Å²) < 4.78 is 22.7. The molecule has 4 heterocycles. The maximum atomic E-state index is 14.6. The van der Waals surface area contributed by atoms with E-state index in [1.165, 1.54) is 14.7 Å². The molecule has 2 saturated carbocycles. The predicted octanol–water partition coefficient (Wildman–Crippen LogP) is 3.02. The number of piperazine rings is 1. The molecular weight excluding hydrogens is 716 g/mol. The predicted molar refractivity (Wildman–Crippen MR) is 211 cm³/mol. The Labute approximate surface area is 325 Å². The second kappa shape index (κ2) is 16.0. The number of rotatable bonds is 10. The number of pyridine rings is 1. The second-order valence-corrected chi connectivity index (χ2v) is 16.0. The Bertz CT molecular complexity index is 2200. The molecule has 1 N–H and O–H groups in total. The second-order valence-electron chi connectivity index (χ2n) is 16.0. The minimum atomic E-state index is -0.651. The quantitative estimate of drug-likeness (QED) is 0.260. The first-order valence-electron chi connectivity index (χ1n) is 19.9. The smallest absolute Gasteiger partial charge is 0.337 e. The zero-order valence-electron chi connectivity index (χ0n) is 32.3. The summed E-state index contributed by atoms with van der Waals surface area (Å²) >= 11 is 0. The summed E-state index contributed by atoms with van der Waals surface area (Å²) in [5.41, 5.74) is 2.16. The zero-order valence-corrected chi connectivity index (χ0v) is 32.3. The lowest BCUT2D eigenvalue weighted by Gasteiger charge is -2.36. The lowest BCUT2D eigenvalue weighted by Crippen LogP contribution is -2.51. The molecule has 4 fully saturated rings. The molecule has 4 aliphatic rings. The number of carbonyl (C=O) groups excluding carboxylic acids is 2. The molecule has 0 radical (unpaired) electrons. The largest absolute Gasteiger partial charge is 0.378 e. The molecule has 2 amide bonds. The van der Waals surface area contributed by atoms with Gasteiger partial charge in [0, 0.05) is 57.9 Å². The third-order valence-corrected chi connectivity index (χ3v) is 12.3. The van der Waals surface area contributed by atoms with Gasteiger partial charge in [0.25, 0.3) is 5.56 Å². The molecule has 4 aromatic rings. The highest BCUT2D eigenvalue weighted by Crippen LogP contribution is 2.41. The van der Waals surface area contributed by atoms with Gasteiger partial charge in [-0.05, 0) is 87.5 Å². The summed E-state index contributed by atoms with van der Waals surface area (Å²) in [7, 11) is 3.85. The van der Waals surface area contributed by atoms with Crippen molar-refractivity contribution < 1.29 is 18.7 Å². The number of morpholine rings is 1. The van der Waals surface area contributed by atoms with Gasteiger partial charge in [0.1, 0.15) is 5.82 Å². The molecule has 0 bridgehead atoms. The average Bonchev–Trinajstić information content (AvgIpc) is 4.04. The number of nitrogens with one attached hydrogen (secondary N) is 1. The van der Waals surface area contributed by atoms with Gasteiger partial charge in [0.15, 0.2) is 5.65 Å². The van der Waals surface area contributed by atoms with E-state index in [9.17, 15) is 23.6 Å². The highest BCUT2D eigenvalue weighted by Gasteiger charge is 2.52. The van der Waals surface area contributed by atoms with Crippen LogP contribution < -0.4 is 16.6 Å². The summed E-state index contributed by atoms with van der Waals surface area (Å²) in [4.78, 5) is 66.8. The van der Waals surface area contributed by atoms with Gasteiger partial charge in [0.05, 0.1) is 42.6 Å². The summed E-state index contributed by atoms with van der Waals surface area (Å²) in [5, 5.41) is 3.25. The van der Waals surface area contributed by atoms with Crippen LogP contribution in [0, 0.1) is 5.82 Å². The number of carbonyl (C=O) groups is 2. The summed E-state index contributed by atoms with van der Waals surface area (Å²) in [6, 6.07) is 16.6. The van der Waals surface area contributed by atoms with Crippen molar-refractivity contribution in [3.05, 3.63) is 93.0 Å². The van der Waals surface area contributed by atoms with Gasteiger partial charge in [-0.15, -0.1) is 0 Å². The minimum absolute atomic E-state index is 0.0374. The Hall–Kier alpha value is -4.76. The van der Waals surface area contributed by atoms with E-state index in [0.29, 0.717) is 64.2 Å². The van der Waals surface area contributed by atoms with Crippen molar-refractivity contribution in [2.45, 2.75) is 62.7 Å². The number of amides is 2. The highest BCUT2D eigenvalue weighted by molar-refractivity contribution is 5.89. The molecule has 0 unspecified atom stereocenters. The third kappa shape index (κ3) is 7.80. The Morgan fingerprint density at radius 1 is 0.893 bits per heavy atom. The maximum Gasteiger partial charge on any atom is 0.337 e. The van der Waals surface area contributed by atoms with Gasteiger partial charge in [-0.25, -0.2) is 18.7 Å². The number of benzene rings is 2. The number of fused-ring (bicyclic) bond motifs is 1. The summed E-state index contributed by atoms with van der Waals surface area (Å²) in [6.07, 6.45) is 5.02. The Balaban J connectivity index is 0.964. The van der Waals surface area contributed by atoms with Crippen molar-refractivity contribution in [2.24, 2.45) is 0 Å². The standard InChI is InChI=1S/C42H51FN8O5/c1-46(2)42(14-15-42)40(54)45-33-10-12-34(13-11-33)51-39(53)36-25-32(43)26-44-38(36)50(41(51)55)35-5-3-4-31(24-35)30-8-6-29(7-9-30)27-47-16-18-48(19-17-47)28-37(52)49-20-22-56-23-21-49/h3-9,24-26,33-34H,10-23,27-28H2,1-2H3,(H,45,54). The monoisotopic (exact) mass is 766 g/mol. The molecule has 2 aliphatic heterocycles. The summed E-state index contributed by atoms with van der Waals surface area (Å²) in [6.45, 7) is 7.30. The van der Waals surface area contributed by atoms with E-state index in [-0.39, 0.29) is 28.9 Å². The highest BCUT2D eigenvalue weighted by atomic mass is 19.1. The number of nitrogens with zero attached hydrogens (tertiary/aromatic N) is 7. The zero-order chi connectivity index (χ0) is 39.0. The van der Waals surface area contributed by atoms with Crippen molar-refractivity contribution in [3.8, 4) is 16.8 Å². The fourth-order valence-corrected chi connectivity index (χ4v) is 8.63. The molecule has 2 aromatic heterocycles. The van der Waals surface area contributed by atoms with E-state index in [0.717, 1.165) is 69.0 Å². The first kappa shape index (κ1) is 38.1. The lowest BCUT2D eigenvalue weighted by molar-refractivity contribution is -0.137. The molecule has 2 saturated heterocycles. The molecule has 13 nitrogen and oxygen atoms in total. The van der Waals surface area contributed by atoms with E-state index < -0.39 is 28.6 Å². The SMILES string of the molecule is CN(C)C1(C(=O)NC2CCC(n3c(=O)c4cc(F)cnc4n(-c4cccc(-c5ccc(CN6CCN(CC(=O)N7CCOCC7)CC6)cc5)c4)c3=O)CC2)CC1. The Morgan fingerprint density at radius 2 is 1.59 bits per heavy atom. The van der Waals surface area contributed by atoms with Gasteiger partial charge in [0.2, 0.25) is 11.8 Å².